The van der Waals surface area contributed by atoms with Gasteiger partial charge in [0.05, 0.1) is 13.7 Å². The molecule has 0 aliphatic carbocycles. The number of aromatic carboxylic acids is 1. The predicted octanol–water partition coefficient (Wildman–Crippen LogP) is 2.67. The summed E-state index contributed by atoms with van der Waals surface area (Å²) in [6.07, 6.45) is 0.769. The van der Waals surface area contributed by atoms with Crippen molar-refractivity contribution in [3.05, 3.63) is 48.2 Å². The van der Waals surface area contributed by atoms with Crippen molar-refractivity contribution in [3.8, 4) is 11.5 Å². The van der Waals surface area contributed by atoms with Crippen molar-refractivity contribution in [3.63, 3.8) is 0 Å². The minimum absolute atomic E-state index is 0.0273. The second-order valence-corrected chi connectivity index (χ2v) is 4.52. The van der Waals surface area contributed by atoms with Crippen LogP contribution in [0.3, 0.4) is 0 Å². The number of nitrogens with zero attached hydrogens (tertiary/aromatic N) is 1. The van der Waals surface area contributed by atoms with E-state index in [2.05, 4.69) is 10.3 Å². The van der Waals surface area contributed by atoms with E-state index >= 15 is 0 Å². The fraction of sp³-hybridized carbons (Fsp3) is 0.250. The molecule has 6 nitrogen and oxygen atoms in total. The highest BCUT2D eigenvalue weighted by Crippen LogP contribution is 2.17. The molecule has 0 aliphatic heterocycles. The minimum atomic E-state index is -1.04. The van der Waals surface area contributed by atoms with Crippen LogP contribution in [0.15, 0.2) is 42.5 Å². The van der Waals surface area contributed by atoms with Crippen LogP contribution in [0.4, 0.5) is 5.82 Å². The highest BCUT2D eigenvalue weighted by atomic mass is 16.5. The Morgan fingerprint density at radius 3 is 2.59 bits per heavy atom. The molecule has 2 rings (SSSR count). The summed E-state index contributed by atoms with van der Waals surface area (Å²) in [4.78, 5) is 14.8. The Hall–Kier alpha value is -2.76. The highest BCUT2D eigenvalue weighted by Gasteiger charge is 2.04. The van der Waals surface area contributed by atoms with E-state index in [1.165, 1.54) is 6.07 Å². The van der Waals surface area contributed by atoms with Crippen LogP contribution in [0.5, 0.6) is 11.5 Å². The minimum Gasteiger partial charge on any atom is -0.497 e. The van der Waals surface area contributed by atoms with Gasteiger partial charge < -0.3 is 19.9 Å². The Kier molecular flexibility index (Phi) is 5.59. The molecule has 1 heterocycles. The topological polar surface area (TPSA) is 80.7 Å². The third kappa shape index (κ3) is 4.66. The highest BCUT2D eigenvalue weighted by molar-refractivity contribution is 5.85. The first kappa shape index (κ1) is 15.6. The molecule has 0 saturated heterocycles. The smallest absolute Gasteiger partial charge is 0.354 e. The van der Waals surface area contributed by atoms with Crippen molar-refractivity contribution in [2.75, 3.05) is 25.6 Å². The van der Waals surface area contributed by atoms with Gasteiger partial charge in [0.25, 0.3) is 0 Å². The average molecular weight is 302 g/mol. The summed E-state index contributed by atoms with van der Waals surface area (Å²) in [5, 5.41) is 11.9. The van der Waals surface area contributed by atoms with Gasteiger partial charge in [0.1, 0.15) is 17.3 Å². The summed E-state index contributed by atoms with van der Waals surface area (Å²) >= 11 is 0. The van der Waals surface area contributed by atoms with E-state index in [0.717, 1.165) is 17.9 Å². The van der Waals surface area contributed by atoms with Gasteiger partial charge in [-0.25, -0.2) is 9.78 Å². The molecule has 2 N–H and O–H groups in total. The zero-order chi connectivity index (χ0) is 15.8. The van der Waals surface area contributed by atoms with Gasteiger partial charge in [-0.3, -0.25) is 0 Å². The van der Waals surface area contributed by atoms with Crippen molar-refractivity contribution in [2.45, 2.75) is 6.42 Å². The number of nitrogens with one attached hydrogen (secondary N) is 1. The number of carbonyl (C=O) groups is 1. The van der Waals surface area contributed by atoms with Gasteiger partial charge in [0.15, 0.2) is 5.69 Å². The first-order valence-electron chi connectivity index (χ1n) is 6.90. The molecule has 0 fully saturated rings. The Labute approximate surface area is 128 Å². The lowest BCUT2D eigenvalue weighted by molar-refractivity contribution is 0.0690. The standard InChI is InChI=1S/C16H18N2O4/c1-21-12-6-8-13(9-7-12)22-11-3-10-17-15-5-2-4-14(18-15)16(19)20/h2,4-9H,3,10-11H2,1H3,(H,17,18)(H,19,20). The molecule has 0 unspecified atom stereocenters. The SMILES string of the molecule is COc1ccc(OCCCNc2cccc(C(=O)O)n2)cc1. The summed E-state index contributed by atoms with van der Waals surface area (Å²) in [6, 6.07) is 12.2. The molecular formula is C16H18N2O4. The molecule has 2 aromatic rings. The lowest BCUT2D eigenvalue weighted by Crippen LogP contribution is -2.09. The molecule has 22 heavy (non-hydrogen) atoms. The van der Waals surface area contributed by atoms with Crippen LogP contribution in [0.2, 0.25) is 0 Å². The van der Waals surface area contributed by atoms with Gasteiger partial charge in [-0.15, -0.1) is 0 Å². The maximum Gasteiger partial charge on any atom is 0.354 e. The van der Waals surface area contributed by atoms with Crippen molar-refractivity contribution < 1.29 is 19.4 Å². The molecule has 0 aliphatic rings. The van der Waals surface area contributed by atoms with E-state index in [1.807, 2.05) is 24.3 Å². The van der Waals surface area contributed by atoms with Crippen molar-refractivity contribution in [2.24, 2.45) is 0 Å². The van der Waals surface area contributed by atoms with Crippen LogP contribution < -0.4 is 14.8 Å². The summed E-state index contributed by atoms with van der Waals surface area (Å²) in [7, 11) is 1.62. The van der Waals surface area contributed by atoms with E-state index in [0.29, 0.717) is 19.0 Å². The first-order valence-corrected chi connectivity index (χ1v) is 6.90. The number of carboxylic acids is 1. The third-order valence-corrected chi connectivity index (χ3v) is 2.92. The molecule has 6 heteroatoms. The number of benzene rings is 1. The number of carboxylic acid groups (broad SMARTS) is 1. The molecule has 0 amide bonds. The second kappa shape index (κ2) is 7.87. The number of aromatic nitrogens is 1. The van der Waals surface area contributed by atoms with Crippen LogP contribution in [0, 0.1) is 0 Å². The van der Waals surface area contributed by atoms with Crippen molar-refractivity contribution >= 4 is 11.8 Å². The maximum atomic E-state index is 10.8. The normalized spacial score (nSPS) is 10.0. The molecular weight excluding hydrogens is 284 g/mol. The van der Waals surface area contributed by atoms with E-state index in [-0.39, 0.29) is 5.69 Å². The van der Waals surface area contributed by atoms with Gasteiger partial charge in [-0.2, -0.15) is 0 Å². The van der Waals surface area contributed by atoms with Gasteiger partial charge in [-0.05, 0) is 42.8 Å². The molecule has 0 spiro atoms. The zero-order valence-electron chi connectivity index (χ0n) is 12.3. The lowest BCUT2D eigenvalue weighted by atomic mass is 10.3. The second-order valence-electron chi connectivity index (χ2n) is 4.52. The third-order valence-electron chi connectivity index (χ3n) is 2.92. The van der Waals surface area contributed by atoms with Crippen LogP contribution in [-0.4, -0.2) is 36.3 Å². The summed E-state index contributed by atoms with van der Waals surface area (Å²) in [5.74, 6) is 1.08. The molecule has 1 aromatic carbocycles. The van der Waals surface area contributed by atoms with Crippen molar-refractivity contribution in [1.82, 2.24) is 4.98 Å². The Morgan fingerprint density at radius 2 is 1.91 bits per heavy atom. The molecule has 0 bridgehead atoms. The fourth-order valence-corrected chi connectivity index (χ4v) is 1.80. The summed E-state index contributed by atoms with van der Waals surface area (Å²) in [6.45, 7) is 1.20. The lowest BCUT2D eigenvalue weighted by Gasteiger charge is -2.08. The average Bonchev–Trinajstić information content (AvgIpc) is 2.55. The monoisotopic (exact) mass is 302 g/mol. The van der Waals surface area contributed by atoms with E-state index in [9.17, 15) is 4.79 Å². The Balaban J connectivity index is 1.70. The number of methoxy groups -OCH3 is 1. The molecule has 0 saturated carbocycles. The van der Waals surface area contributed by atoms with Gasteiger partial charge in [0.2, 0.25) is 0 Å². The largest absolute Gasteiger partial charge is 0.497 e. The molecule has 1 aromatic heterocycles. The first-order chi connectivity index (χ1) is 10.7. The quantitative estimate of drug-likeness (QED) is 0.730. The Morgan fingerprint density at radius 1 is 1.18 bits per heavy atom. The molecule has 0 atom stereocenters. The van der Waals surface area contributed by atoms with Crippen LogP contribution in [0.1, 0.15) is 16.9 Å². The van der Waals surface area contributed by atoms with Crippen LogP contribution >= 0.6 is 0 Å². The van der Waals surface area contributed by atoms with E-state index < -0.39 is 5.97 Å². The number of pyridine rings is 1. The molecule has 116 valence electrons. The fourth-order valence-electron chi connectivity index (χ4n) is 1.80. The zero-order valence-corrected chi connectivity index (χ0v) is 12.3. The van der Waals surface area contributed by atoms with Gasteiger partial charge in [0, 0.05) is 6.54 Å². The number of hydrogen-bond acceptors (Lipinski definition) is 5. The predicted molar refractivity (Wildman–Crippen MR) is 82.8 cm³/mol. The summed E-state index contributed by atoms with van der Waals surface area (Å²) < 4.78 is 10.7. The number of anilines is 1. The van der Waals surface area contributed by atoms with Crippen LogP contribution in [-0.2, 0) is 0 Å². The molecule has 0 radical (unpaired) electrons. The van der Waals surface area contributed by atoms with E-state index in [4.69, 9.17) is 14.6 Å². The van der Waals surface area contributed by atoms with E-state index in [1.54, 1.807) is 19.2 Å². The maximum absolute atomic E-state index is 10.8. The van der Waals surface area contributed by atoms with Crippen LogP contribution in [0.25, 0.3) is 0 Å². The Bertz CT molecular complexity index is 614. The summed E-state index contributed by atoms with van der Waals surface area (Å²) in [5.41, 5.74) is 0.0273. The van der Waals surface area contributed by atoms with Crippen molar-refractivity contribution in [1.29, 1.82) is 0 Å². The van der Waals surface area contributed by atoms with Gasteiger partial charge >= 0.3 is 5.97 Å². The van der Waals surface area contributed by atoms with Gasteiger partial charge in [-0.1, -0.05) is 6.07 Å². The number of ether oxygens (including phenoxy) is 2. The number of hydrogen-bond donors (Lipinski definition) is 2. The number of rotatable bonds is 8.